The fourth-order valence-electron chi connectivity index (χ4n) is 3.82. The molecule has 3 fully saturated rings. The van der Waals surface area contributed by atoms with E-state index in [1.807, 2.05) is 4.90 Å². The second-order valence-corrected chi connectivity index (χ2v) is 7.77. The smallest absolute Gasteiger partial charge is 0.318 e. The molecule has 0 aromatic carbocycles. The van der Waals surface area contributed by atoms with E-state index in [0.29, 0.717) is 24.5 Å². The van der Waals surface area contributed by atoms with Crippen LogP contribution in [0.25, 0.3) is 0 Å². The minimum atomic E-state index is 0.108. The number of nitrogens with zero attached hydrogens (tertiary/aromatic N) is 1. The van der Waals surface area contributed by atoms with Crippen molar-refractivity contribution in [3.63, 3.8) is 0 Å². The second kappa shape index (κ2) is 6.21. The Morgan fingerprint density at radius 3 is 2.61 bits per heavy atom. The Kier molecular flexibility index (Phi) is 4.08. The van der Waals surface area contributed by atoms with Gasteiger partial charge >= 0.3 is 6.03 Å². The zero-order valence-corrected chi connectivity index (χ0v) is 14.1. The predicted octanol–water partition coefficient (Wildman–Crippen LogP) is 4.41. The predicted molar refractivity (Wildman–Crippen MR) is 89.2 cm³/mol. The Morgan fingerprint density at radius 1 is 1.22 bits per heavy atom. The lowest BCUT2D eigenvalue weighted by Gasteiger charge is -2.28. The van der Waals surface area contributed by atoms with Gasteiger partial charge in [-0.25, -0.2) is 4.79 Å². The van der Waals surface area contributed by atoms with Crippen LogP contribution in [-0.2, 0) is 6.54 Å². The van der Waals surface area contributed by atoms with Crippen molar-refractivity contribution in [2.24, 2.45) is 5.92 Å². The number of nitrogens with one attached hydrogen (secondary N) is 1. The van der Waals surface area contributed by atoms with E-state index in [2.05, 4.69) is 24.4 Å². The highest BCUT2D eigenvalue weighted by Crippen LogP contribution is 2.47. The van der Waals surface area contributed by atoms with Crippen LogP contribution in [0.1, 0.15) is 75.7 Å². The molecule has 0 unspecified atom stereocenters. The molecule has 0 bridgehead atoms. The highest BCUT2D eigenvalue weighted by Gasteiger charge is 2.37. The lowest BCUT2D eigenvalue weighted by atomic mass is 9.96. The monoisotopic (exact) mass is 316 g/mol. The quantitative estimate of drug-likeness (QED) is 0.874. The third-order valence-electron chi connectivity index (χ3n) is 5.66. The summed E-state index contributed by atoms with van der Waals surface area (Å²) >= 11 is 0. The molecule has 2 amide bonds. The van der Waals surface area contributed by atoms with Gasteiger partial charge in [-0.15, -0.1) is 0 Å². The molecule has 0 aliphatic heterocycles. The molecule has 2 atom stereocenters. The topological polar surface area (TPSA) is 45.5 Å². The summed E-state index contributed by atoms with van der Waals surface area (Å²) in [4.78, 5) is 14.7. The van der Waals surface area contributed by atoms with Gasteiger partial charge in [0.25, 0.3) is 0 Å². The number of amides is 2. The Bertz CT molecular complexity index is 557. The van der Waals surface area contributed by atoms with Gasteiger partial charge in [0.2, 0.25) is 0 Å². The maximum absolute atomic E-state index is 12.7. The minimum Gasteiger partial charge on any atom is -0.464 e. The Balaban J connectivity index is 1.37. The van der Waals surface area contributed by atoms with Crippen LogP contribution in [0.4, 0.5) is 4.79 Å². The largest absolute Gasteiger partial charge is 0.464 e. The standard InChI is InChI=1S/C19H28N2O2/c1-13-11-17(13)18-10-9-16(23-18)12-21(15-7-8-15)19(22)20-14-5-3-2-4-6-14/h9-10,13-15,17H,2-8,11-12H2,1H3,(H,20,22)/t13-,17+/m0/s1. The van der Waals surface area contributed by atoms with E-state index in [1.165, 1.54) is 25.7 Å². The third-order valence-corrected chi connectivity index (χ3v) is 5.66. The highest BCUT2D eigenvalue weighted by atomic mass is 16.3. The Labute approximate surface area is 138 Å². The summed E-state index contributed by atoms with van der Waals surface area (Å²) in [6.45, 7) is 2.88. The number of furan rings is 1. The summed E-state index contributed by atoms with van der Waals surface area (Å²) < 4.78 is 6.00. The highest BCUT2D eigenvalue weighted by molar-refractivity contribution is 5.75. The number of hydrogen-bond donors (Lipinski definition) is 1. The molecule has 23 heavy (non-hydrogen) atoms. The van der Waals surface area contributed by atoms with Gasteiger partial charge in [-0.3, -0.25) is 0 Å². The fraction of sp³-hybridized carbons (Fsp3) is 0.737. The molecule has 3 saturated carbocycles. The second-order valence-electron chi connectivity index (χ2n) is 7.77. The van der Waals surface area contributed by atoms with E-state index in [1.54, 1.807) is 0 Å². The summed E-state index contributed by atoms with van der Waals surface area (Å²) in [5.74, 6) is 3.40. The molecule has 0 radical (unpaired) electrons. The maximum atomic E-state index is 12.7. The molecule has 1 aromatic rings. The molecule has 0 saturated heterocycles. The molecule has 3 aliphatic carbocycles. The van der Waals surface area contributed by atoms with Crippen molar-refractivity contribution in [1.82, 2.24) is 10.2 Å². The van der Waals surface area contributed by atoms with E-state index in [0.717, 1.165) is 43.1 Å². The lowest BCUT2D eigenvalue weighted by Crippen LogP contribution is -2.46. The molecule has 4 heteroatoms. The maximum Gasteiger partial charge on any atom is 0.318 e. The van der Waals surface area contributed by atoms with Crippen molar-refractivity contribution in [2.45, 2.75) is 82.8 Å². The molecule has 1 N–H and O–H groups in total. The Morgan fingerprint density at radius 2 is 1.96 bits per heavy atom. The first kappa shape index (κ1) is 15.1. The lowest BCUT2D eigenvalue weighted by molar-refractivity contribution is 0.179. The summed E-state index contributed by atoms with van der Waals surface area (Å²) in [5, 5.41) is 3.25. The first-order valence-corrected chi connectivity index (χ1v) is 9.36. The van der Waals surface area contributed by atoms with Crippen LogP contribution in [0.5, 0.6) is 0 Å². The van der Waals surface area contributed by atoms with E-state index >= 15 is 0 Å². The van der Waals surface area contributed by atoms with Crippen LogP contribution < -0.4 is 5.32 Å². The number of carbonyl (C=O) groups is 1. The van der Waals surface area contributed by atoms with Crippen molar-refractivity contribution >= 4 is 6.03 Å². The van der Waals surface area contributed by atoms with Gasteiger partial charge < -0.3 is 14.6 Å². The van der Waals surface area contributed by atoms with E-state index in [9.17, 15) is 4.79 Å². The molecule has 4 rings (SSSR count). The molecule has 4 nitrogen and oxygen atoms in total. The van der Waals surface area contributed by atoms with Crippen molar-refractivity contribution in [1.29, 1.82) is 0 Å². The van der Waals surface area contributed by atoms with Gasteiger partial charge in [-0.2, -0.15) is 0 Å². The molecular weight excluding hydrogens is 288 g/mol. The zero-order valence-electron chi connectivity index (χ0n) is 14.1. The van der Waals surface area contributed by atoms with Gasteiger partial charge in [0.05, 0.1) is 6.54 Å². The molecule has 3 aliphatic rings. The van der Waals surface area contributed by atoms with Crippen molar-refractivity contribution in [3.8, 4) is 0 Å². The average molecular weight is 316 g/mol. The normalized spacial score (nSPS) is 27.7. The summed E-state index contributed by atoms with van der Waals surface area (Å²) in [6.07, 6.45) is 9.57. The molecule has 1 aromatic heterocycles. The average Bonchev–Trinajstić information content (AvgIpc) is 3.47. The van der Waals surface area contributed by atoms with Gasteiger partial charge in [-0.05, 0) is 50.2 Å². The summed E-state index contributed by atoms with van der Waals surface area (Å²) in [7, 11) is 0. The van der Waals surface area contributed by atoms with Crippen LogP contribution in [0.3, 0.4) is 0 Å². The van der Waals surface area contributed by atoms with Crippen LogP contribution >= 0.6 is 0 Å². The number of urea groups is 1. The van der Waals surface area contributed by atoms with Gasteiger partial charge in [0.15, 0.2) is 0 Å². The zero-order chi connectivity index (χ0) is 15.8. The molecular formula is C19H28N2O2. The Hall–Kier alpha value is -1.45. The first-order chi connectivity index (χ1) is 11.2. The third kappa shape index (κ3) is 3.56. The van der Waals surface area contributed by atoms with Gasteiger partial charge in [-0.1, -0.05) is 26.2 Å². The van der Waals surface area contributed by atoms with E-state index < -0.39 is 0 Å². The van der Waals surface area contributed by atoms with Crippen molar-refractivity contribution in [3.05, 3.63) is 23.7 Å². The van der Waals surface area contributed by atoms with Crippen LogP contribution in [0, 0.1) is 5.92 Å². The van der Waals surface area contributed by atoms with E-state index in [4.69, 9.17) is 4.42 Å². The van der Waals surface area contributed by atoms with Crippen LogP contribution in [-0.4, -0.2) is 23.0 Å². The van der Waals surface area contributed by atoms with E-state index in [-0.39, 0.29) is 6.03 Å². The van der Waals surface area contributed by atoms with Gasteiger partial charge in [0, 0.05) is 18.0 Å². The molecule has 1 heterocycles. The van der Waals surface area contributed by atoms with Gasteiger partial charge in [0.1, 0.15) is 11.5 Å². The summed E-state index contributed by atoms with van der Waals surface area (Å²) in [6, 6.07) is 5.05. The summed E-state index contributed by atoms with van der Waals surface area (Å²) in [5.41, 5.74) is 0. The number of carbonyl (C=O) groups excluding carboxylic acids is 1. The fourth-order valence-corrected chi connectivity index (χ4v) is 3.82. The minimum absolute atomic E-state index is 0.108. The van der Waals surface area contributed by atoms with Crippen molar-refractivity contribution < 1.29 is 9.21 Å². The van der Waals surface area contributed by atoms with Crippen LogP contribution in [0.2, 0.25) is 0 Å². The molecule has 126 valence electrons. The number of hydrogen-bond acceptors (Lipinski definition) is 2. The van der Waals surface area contributed by atoms with Crippen LogP contribution in [0.15, 0.2) is 16.5 Å². The molecule has 0 spiro atoms. The number of rotatable bonds is 5. The first-order valence-electron chi connectivity index (χ1n) is 9.36. The SMILES string of the molecule is C[C@H]1C[C@H]1c1ccc(CN(C(=O)NC2CCCCC2)C2CC2)o1. The van der Waals surface area contributed by atoms with Crippen molar-refractivity contribution in [2.75, 3.05) is 0 Å².